The van der Waals surface area contributed by atoms with Crippen molar-refractivity contribution in [2.24, 2.45) is 0 Å². The van der Waals surface area contributed by atoms with Crippen molar-refractivity contribution in [1.29, 1.82) is 5.26 Å². The second-order valence-corrected chi connectivity index (χ2v) is 4.03. The lowest BCUT2D eigenvalue weighted by molar-refractivity contribution is 0.112. The van der Waals surface area contributed by atoms with Gasteiger partial charge < -0.3 is 5.32 Å². The van der Waals surface area contributed by atoms with Gasteiger partial charge in [-0.1, -0.05) is 12.1 Å². The summed E-state index contributed by atoms with van der Waals surface area (Å²) < 4.78 is 2.47. The molecule has 0 saturated heterocycles. The third kappa shape index (κ3) is 2.24. The number of nitrogens with zero attached hydrogens (tertiary/aromatic N) is 1. The van der Waals surface area contributed by atoms with Gasteiger partial charge in [-0.25, -0.2) is 0 Å². The highest BCUT2D eigenvalue weighted by Crippen LogP contribution is 2.22. The van der Waals surface area contributed by atoms with Gasteiger partial charge in [-0.05, 0) is 23.7 Å². The number of hydrogen-bond donors (Lipinski definition) is 2. The molecule has 17 heavy (non-hydrogen) atoms. The first-order valence-electron chi connectivity index (χ1n) is 4.68. The number of H-pyrrole nitrogens is 1. The van der Waals surface area contributed by atoms with E-state index in [2.05, 4.69) is 9.69 Å². The van der Waals surface area contributed by atoms with Gasteiger partial charge in [0, 0.05) is 11.3 Å². The van der Waals surface area contributed by atoms with Crippen LogP contribution in [0.4, 0.5) is 10.7 Å². The molecule has 0 radical (unpaired) electrons. The van der Waals surface area contributed by atoms with Crippen LogP contribution < -0.4 is 10.9 Å². The molecule has 1 heterocycles. The van der Waals surface area contributed by atoms with E-state index in [1.165, 1.54) is 0 Å². The number of carbonyl (C=O) groups excluding carboxylic acids is 1. The molecule has 5 nitrogen and oxygen atoms in total. The molecule has 0 amide bonds. The lowest BCUT2D eigenvalue weighted by Crippen LogP contribution is -2.02. The predicted molar refractivity (Wildman–Crippen MR) is 64.8 cm³/mol. The number of benzene rings is 1. The minimum atomic E-state index is -0.411. The largest absolute Gasteiger partial charge is 0.345 e. The van der Waals surface area contributed by atoms with Crippen molar-refractivity contribution in [2.75, 3.05) is 5.32 Å². The summed E-state index contributed by atoms with van der Waals surface area (Å²) >= 11 is 1.05. The van der Waals surface area contributed by atoms with Crippen LogP contribution in [-0.4, -0.2) is 10.7 Å². The second-order valence-electron chi connectivity index (χ2n) is 3.22. The number of rotatable bonds is 3. The maximum absolute atomic E-state index is 11.2. The van der Waals surface area contributed by atoms with Crippen molar-refractivity contribution in [2.45, 2.75) is 0 Å². The Hall–Kier alpha value is -2.39. The van der Waals surface area contributed by atoms with E-state index in [0.717, 1.165) is 17.8 Å². The van der Waals surface area contributed by atoms with Crippen molar-refractivity contribution < 1.29 is 4.79 Å². The summed E-state index contributed by atoms with van der Waals surface area (Å²) in [7, 11) is 0. The van der Waals surface area contributed by atoms with E-state index < -0.39 is 5.56 Å². The van der Waals surface area contributed by atoms with Gasteiger partial charge in [0.2, 0.25) is 0 Å². The lowest BCUT2D eigenvalue weighted by atomic mass is 10.2. The summed E-state index contributed by atoms with van der Waals surface area (Å²) in [5, 5.41) is 12.2. The molecule has 0 aliphatic heterocycles. The minimum absolute atomic E-state index is 0.0477. The average Bonchev–Trinajstić information content (AvgIpc) is 2.70. The van der Waals surface area contributed by atoms with Crippen LogP contribution in [0.5, 0.6) is 0 Å². The van der Waals surface area contributed by atoms with E-state index in [4.69, 9.17) is 5.26 Å². The number of aromatic amines is 1. The van der Waals surface area contributed by atoms with Gasteiger partial charge in [-0.15, -0.1) is 0 Å². The summed E-state index contributed by atoms with van der Waals surface area (Å²) in [5.41, 5.74) is 0.816. The molecule has 1 aromatic carbocycles. The fraction of sp³-hybridized carbons (Fsp3) is 0. The molecule has 0 atom stereocenters. The first-order valence-corrected chi connectivity index (χ1v) is 5.50. The van der Waals surface area contributed by atoms with Crippen molar-refractivity contribution in [3.63, 3.8) is 0 Å². The molecule has 2 N–H and O–H groups in total. The molecule has 0 bridgehead atoms. The zero-order chi connectivity index (χ0) is 12.3. The molecular formula is C11H7N3O2S. The second kappa shape index (κ2) is 4.63. The van der Waals surface area contributed by atoms with Gasteiger partial charge in [0.15, 0.2) is 5.56 Å². The molecule has 2 aromatic rings. The van der Waals surface area contributed by atoms with Crippen LogP contribution in [0.15, 0.2) is 29.1 Å². The van der Waals surface area contributed by atoms with Crippen LogP contribution in [0.2, 0.25) is 0 Å². The standard InChI is InChI=1S/C11H7N3O2S/c12-5-9-10(16)14-17-11(9)13-8-3-1-2-7(4-8)6-15/h1-4,6,13H,(H,14,16). The maximum Gasteiger partial charge on any atom is 0.278 e. The Balaban J connectivity index is 2.35. The molecule has 0 fully saturated rings. The van der Waals surface area contributed by atoms with E-state index in [9.17, 15) is 9.59 Å². The molecule has 2 rings (SSSR count). The van der Waals surface area contributed by atoms with Crippen LogP contribution in [0, 0.1) is 11.3 Å². The SMILES string of the molecule is N#Cc1c(Nc2cccc(C=O)c2)s[nH]c1=O. The highest BCUT2D eigenvalue weighted by atomic mass is 32.1. The number of hydrogen-bond acceptors (Lipinski definition) is 5. The topological polar surface area (TPSA) is 85.8 Å². The Morgan fingerprint density at radius 2 is 2.29 bits per heavy atom. The molecule has 0 aliphatic carbocycles. The van der Waals surface area contributed by atoms with E-state index in [-0.39, 0.29) is 5.56 Å². The molecule has 84 valence electrons. The Morgan fingerprint density at radius 1 is 1.47 bits per heavy atom. The van der Waals surface area contributed by atoms with Crippen LogP contribution in [0.25, 0.3) is 0 Å². The first-order chi connectivity index (χ1) is 8.24. The summed E-state index contributed by atoms with van der Waals surface area (Å²) in [6.07, 6.45) is 0.732. The monoisotopic (exact) mass is 245 g/mol. The Bertz CT molecular complexity index is 651. The van der Waals surface area contributed by atoms with Gasteiger partial charge in [-0.2, -0.15) is 5.26 Å². The Morgan fingerprint density at radius 3 is 3.00 bits per heavy atom. The van der Waals surface area contributed by atoms with Crippen molar-refractivity contribution in [3.8, 4) is 6.07 Å². The summed E-state index contributed by atoms with van der Waals surface area (Å²) in [6, 6.07) is 8.60. The average molecular weight is 245 g/mol. The quantitative estimate of drug-likeness (QED) is 0.808. The number of aldehydes is 1. The number of nitriles is 1. The highest BCUT2D eigenvalue weighted by molar-refractivity contribution is 7.10. The smallest absolute Gasteiger partial charge is 0.278 e. The van der Waals surface area contributed by atoms with E-state index >= 15 is 0 Å². The summed E-state index contributed by atoms with van der Waals surface area (Å²) in [4.78, 5) is 21.8. The van der Waals surface area contributed by atoms with Crippen molar-refractivity contribution in [3.05, 3.63) is 45.7 Å². The Labute approximate surface area is 100 Å². The van der Waals surface area contributed by atoms with E-state index in [1.54, 1.807) is 24.3 Å². The third-order valence-corrected chi connectivity index (χ3v) is 2.89. The molecule has 6 heteroatoms. The first kappa shape index (κ1) is 11.1. The molecular weight excluding hydrogens is 238 g/mol. The fourth-order valence-corrected chi connectivity index (χ4v) is 2.02. The summed E-state index contributed by atoms with van der Waals surface area (Å²) in [5.74, 6) is 0. The number of nitrogens with one attached hydrogen (secondary N) is 2. The van der Waals surface area contributed by atoms with E-state index in [1.807, 2.05) is 6.07 Å². The normalized spacial score (nSPS) is 9.59. The van der Waals surface area contributed by atoms with Gasteiger partial charge in [0.1, 0.15) is 17.4 Å². The zero-order valence-electron chi connectivity index (χ0n) is 8.56. The predicted octanol–water partition coefficient (Wildman–Crippen LogP) is 1.86. The maximum atomic E-state index is 11.2. The van der Waals surface area contributed by atoms with E-state index in [0.29, 0.717) is 16.3 Å². The van der Waals surface area contributed by atoms with Gasteiger partial charge in [0.25, 0.3) is 5.56 Å². The molecule has 0 aliphatic rings. The van der Waals surface area contributed by atoms with Crippen molar-refractivity contribution in [1.82, 2.24) is 4.37 Å². The van der Waals surface area contributed by atoms with Crippen LogP contribution in [0.1, 0.15) is 15.9 Å². The Kier molecular flexibility index (Phi) is 3.03. The van der Waals surface area contributed by atoms with Gasteiger partial charge in [0.05, 0.1) is 0 Å². The molecule has 0 saturated carbocycles. The third-order valence-electron chi connectivity index (χ3n) is 2.09. The highest BCUT2D eigenvalue weighted by Gasteiger charge is 2.09. The van der Waals surface area contributed by atoms with Crippen molar-refractivity contribution >= 4 is 28.5 Å². The molecule has 0 unspecified atom stereocenters. The zero-order valence-corrected chi connectivity index (χ0v) is 9.38. The van der Waals surface area contributed by atoms with Gasteiger partial charge in [-0.3, -0.25) is 14.0 Å². The lowest BCUT2D eigenvalue weighted by Gasteiger charge is -2.03. The van der Waals surface area contributed by atoms with Crippen LogP contribution >= 0.6 is 11.5 Å². The number of anilines is 2. The van der Waals surface area contributed by atoms with Gasteiger partial charge >= 0.3 is 0 Å². The van der Waals surface area contributed by atoms with Crippen LogP contribution in [-0.2, 0) is 0 Å². The fourth-order valence-electron chi connectivity index (χ4n) is 1.31. The summed E-state index contributed by atoms with van der Waals surface area (Å²) in [6.45, 7) is 0. The number of carbonyl (C=O) groups is 1. The molecule has 1 aromatic heterocycles. The van der Waals surface area contributed by atoms with Crippen LogP contribution in [0.3, 0.4) is 0 Å². The molecule has 0 spiro atoms. The minimum Gasteiger partial charge on any atom is -0.345 e. The number of aromatic nitrogens is 1.